The van der Waals surface area contributed by atoms with Crippen molar-refractivity contribution in [2.75, 3.05) is 0 Å². The zero-order valence-electron chi connectivity index (χ0n) is 15.1. The highest BCUT2D eigenvalue weighted by Gasteiger charge is 2.38. The van der Waals surface area contributed by atoms with Crippen LogP contribution in [0.5, 0.6) is 5.75 Å². The number of carbonyl (C=O) groups is 1. The molecule has 0 heterocycles. The summed E-state index contributed by atoms with van der Waals surface area (Å²) >= 11 is 0. The van der Waals surface area contributed by atoms with Crippen LogP contribution in [0.1, 0.15) is 63.9 Å². The monoisotopic (exact) mass is 361 g/mol. The lowest BCUT2D eigenvalue weighted by atomic mass is 9.64. The molecule has 0 aromatic heterocycles. The van der Waals surface area contributed by atoms with Gasteiger partial charge in [-0.05, 0) is 49.9 Å². The van der Waals surface area contributed by atoms with Crippen molar-refractivity contribution in [1.82, 2.24) is 0 Å². The first-order chi connectivity index (χ1) is 12.5. The average molecular weight is 361 g/mol. The topological polar surface area (TPSA) is 50.1 Å². The summed E-state index contributed by atoms with van der Waals surface area (Å²) in [5.74, 6) is -0.713. The van der Waals surface area contributed by atoms with Crippen LogP contribution in [-0.4, -0.2) is 5.97 Å². The van der Waals surface area contributed by atoms with E-state index in [2.05, 4.69) is 6.92 Å². The largest absolute Gasteiger partial charge is 0.426 e. The van der Waals surface area contributed by atoms with E-state index in [0.717, 1.165) is 37.3 Å². The highest BCUT2D eigenvalue weighted by atomic mass is 19.1. The first-order valence-electron chi connectivity index (χ1n) is 9.62. The van der Waals surface area contributed by atoms with Crippen molar-refractivity contribution in [2.45, 2.75) is 58.3 Å². The van der Waals surface area contributed by atoms with Crippen LogP contribution >= 0.6 is 0 Å². The maximum absolute atomic E-state index is 13.7. The minimum Gasteiger partial charge on any atom is -0.426 e. The number of carbonyl (C=O) groups excluding carboxylic acids is 1. The Bertz CT molecular complexity index is 689. The minimum absolute atomic E-state index is 0.169. The predicted octanol–water partition coefficient (Wildman–Crippen LogP) is 5.37. The van der Waals surface area contributed by atoms with Crippen LogP contribution in [0.4, 0.5) is 8.78 Å². The quantitative estimate of drug-likeness (QED) is 0.535. The molecule has 0 N–H and O–H groups in total. The van der Waals surface area contributed by atoms with Crippen LogP contribution in [0.15, 0.2) is 12.1 Å². The molecule has 1 aromatic carbocycles. The molecular formula is C21H25F2NO2. The van der Waals surface area contributed by atoms with E-state index in [-0.39, 0.29) is 11.7 Å². The Morgan fingerprint density at radius 3 is 2.46 bits per heavy atom. The molecule has 2 aliphatic rings. The van der Waals surface area contributed by atoms with E-state index < -0.39 is 23.2 Å². The molecule has 2 saturated carbocycles. The number of nitriles is 1. The van der Waals surface area contributed by atoms with Gasteiger partial charge in [-0.1, -0.05) is 26.2 Å². The number of halogens is 2. The van der Waals surface area contributed by atoms with E-state index in [1.807, 2.05) is 0 Å². The van der Waals surface area contributed by atoms with Gasteiger partial charge in [-0.3, -0.25) is 4.79 Å². The number of fused-ring (bicyclic) bond motifs is 1. The van der Waals surface area contributed by atoms with Crippen LogP contribution in [0.3, 0.4) is 0 Å². The first-order valence-corrected chi connectivity index (χ1v) is 9.62. The lowest BCUT2D eigenvalue weighted by Gasteiger charge is -2.41. The van der Waals surface area contributed by atoms with Crippen LogP contribution in [0, 0.1) is 46.6 Å². The molecule has 2 fully saturated rings. The van der Waals surface area contributed by atoms with Gasteiger partial charge < -0.3 is 4.74 Å². The van der Waals surface area contributed by atoms with E-state index >= 15 is 0 Å². The smallest absolute Gasteiger partial charge is 0.314 e. The van der Waals surface area contributed by atoms with Crippen LogP contribution in [-0.2, 0) is 4.79 Å². The molecule has 0 saturated heterocycles. The Hall–Kier alpha value is -1.96. The molecule has 1 aromatic rings. The summed E-state index contributed by atoms with van der Waals surface area (Å²) in [6, 6.07) is 3.27. The van der Waals surface area contributed by atoms with Gasteiger partial charge in [-0.15, -0.1) is 0 Å². The highest BCUT2D eigenvalue weighted by molar-refractivity contribution is 5.75. The number of ether oxygens (including phenoxy) is 1. The summed E-state index contributed by atoms with van der Waals surface area (Å²) in [6.07, 6.45) is 8.82. The molecule has 0 bridgehead atoms. The minimum atomic E-state index is -1.01. The van der Waals surface area contributed by atoms with Crippen molar-refractivity contribution in [3.8, 4) is 11.8 Å². The van der Waals surface area contributed by atoms with Gasteiger partial charge in [0, 0.05) is 12.1 Å². The van der Waals surface area contributed by atoms with Gasteiger partial charge in [0.15, 0.2) is 0 Å². The van der Waals surface area contributed by atoms with Gasteiger partial charge in [0.2, 0.25) is 0 Å². The number of rotatable bonds is 4. The Morgan fingerprint density at radius 2 is 1.81 bits per heavy atom. The number of esters is 1. The van der Waals surface area contributed by atoms with Gasteiger partial charge in [-0.25, -0.2) is 8.78 Å². The normalized spacial score (nSPS) is 28.1. The summed E-state index contributed by atoms with van der Waals surface area (Å²) in [6.45, 7) is 2.23. The fraction of sp³-hybridized carbons (Fsp3) is 0.619. The van der Waals surface area contributed by atoms with Gasteiger partial charge >= 0.3 is 5.97 Å². The van der Waals surface area contributed by atoms with E-state index in [4.69, 9.17) is 10.00 Å². The molecule has 140 valence electrons. The summed E-state index contributed by atoms with van der Waals surface area (Å²) in [5, 5.41) is 8.70. The summed E-state index contributed by atoms with van der Waals surface area (Å²) in [4.78, 5) is 12.5. The molecule has 4 unspecified atom stereocenters. The van der Waals surface area contributed by atoms with Gasteiger partial charge in [0.05, 0.1) is 5.92 Å². The third-order valence-corrected chi connectivity index (χ3v) is 6.10. The molecule has 4 atom stereocenters. The molecule has 0 amide bonds. The fourth-order valence-electron chi connectivity index (χ4n) is 4.79. The zero-order valence-corrected chi connectivity index (χ0v) is 15.1. The van der Waals surface area contributed by atoms with Crippen molar-refractivity contribution < 1.29 is 18.3 Å². The van der Waals surface area contributed by atoms with Crippen molar-refractivity contribution >= 4 is 5.97 Å². The Labute approximate surface area is 153 Å². The van der Waals surface area contributed by atoms with Crippen LogP contribution in [0.25, 0.3) is 0 Å². The molecule has 26 heavy (non-hydrogen) atoms. The number of nitrogens with zero attached hydrogens (tertiary/aromatic N) is 1. The second kappa shape index (κ2) is 8.16. The predicted molar refractivity (Wildman–Crippen MR) is 93.3 cm³/mol. The van der Waals surface area contributed by atoms with E-state index in [1.54, 1.807) is 0 Å². The van der Waals surface area contributed by atoms with Gasteiger partial charge in [0.1, 0.15) is 29.0 Å². The third kappa shape index (κ3) is 4.06. The van der Waals surface area contributed by atoms with Gasteiger partial charge in [0.25, 0.3) is 0 Å². The SMILES string of the molecule is CCCC1CCC2CC(C(=O)Oc3cc(F)c(C#N)c(F)c3)CCC2C1. The molecule has 3 rings (SSSR count). The number of hydrogen-bond donors (Lipinski definition) is 0. The second-order valence-corrected chi connectivity index (χ2v) is 7.79. The molecule has 0 spiro atoms. The third-order valence-electron chi connectivity index (χ3n) is 6.10. The van der Waals surface area contributed by atoms with Crippen molar-refractivity contribution in [1.29, 1.82) is 5.26 Å². The van der Waals surface area contributed by atoms with Crippen molar-refractivity contribution in [3.05, 3.63) is 29.3 Å². The van der Waals surface area contributed by atoms with Crippen LogP contribution in [0.2, 0.25) is 0 Å². The zero-order chi connectivity index (χ0) is 18.7. The second-order valence-electron chi connectivity index (χ2n) is 7.79. The van der Waals surface area contributed by atoms with Crippen molar-refractivity contribution in [3.63, 3.8) is 0 Å². The lowest BCUT2D eigenvalue weighted by Crippen LogP contribution is -2.35. The molecule has 0 radical (unpaired) electrons. The Balaban J connectivity index is 1.60. The Morgan fingerprint density at radius 1 is 1.15 bits per heavy atom. The van der Waals surface area contributed by atoms with Crippen molar-refractivity contribution in [2.24, 2.45) is 23.7 Å². The standard InChI is InChI=1S/C21H25F2NO2/c1-2-3-13-4-5-15-9-16(7-6-14(15)8-13)21(25)26-17-10-19(22)18(12-24)20(23)11-17/h10-11,13-16H,2-9H2,1H3. The van der Waals surface area contributed by atoms with Gasteiger partial charge in [-0.2, -0.15) is 5.26 Å². The first kappa shape index (κ1) is 18.8. The lowest BCUT2D eigenvalue weighted by molar-refractivity contribution is -0.141. The van der Waals surface area contributed by atoms with E-state index in [1.165, 1.54) is 38.2 Å². The molecule has 2 aliphatic carbocycles. The fourth-order valence-corrected chi connectivity index (χ4v) is 4.79. The summed E-state index contributed by atoms with van der Waals surface area (Å²) in [5.41, 5.74) is -0.658. The maximum atomic E-state index is 13.7. The average Bonchev–Trinajstić information content (AvgIpc) is 2.61. The van der Waals surface area contributed by atoms with E-state index in [9.17, 15) is 13.6 Å². The molecule has 5 heteroatoms. The summed E-state index contributed by atoms with van der Waals surface area (Å²) < 4.78 is 32.6. The number of benzene rings is 1. The molecular weight excluding hydrogens is 336 g/mol. The van der Waals surface area contributed by atoms with E-state index in [0.29, 0.717) is 11.8 Å². The maximum Gasteiger partial charge on any atom is 0.314 e. The molecule has 3 nitrogen and oxygen atoms in total. The van der Waals surface area contributed by atoms with Crippen LogP contribution < -0.4 is 4.74 Å². The Kier molecular flexibility index (Phi) is 5.90. The highest BCUT2D eigenvalue weighted by Crippen LogP contribution is 2.46. The summed E-state index contributed by atoms with van der Waals surface area (Å²) in [7, 11) is 0. The number of hydrogen-bond acceptors (Lipinski definition) is 3. The molecule has 0 aliphatic heterocycles.